The van der Waals surface area contributed by atoms with Crippen molar-refractivity contribution in [1.29, 1.82) is 0 Å². The summed E-state index contributed by atoms with van der Waals surface area (Å²) < 4.78 is 0. The fourth-order valence-electron chi connectivity index (χ4n) is 3.33. The first-order valence-electron chi connectivity index (χ1n) is 9.39. The summed E-state index contributed by atoms with van der Waals surface area (Å²) in [6.45, 7) is 16.3. The van der Waals surface area contributed by atoms with Crippen LogP contribution in [0.5, 0.6) is 0 Å². The number of Topliss-reactive ketones (excluding diaryl/α,β-unsaturated/α-hetero) is 1. The third-order valence-corrected chi connectivity index (χ3v) is 4.95. The SMILES string of the molecule is CC.CCC(=O)C(C)CC(C)(C)CN1C(=O)CC(C)(CC)CC1=O. The van der Waals surface area contributed by atoms with Crippen LogP contribution in [0.2, 0.25) is 0 Å². The number of hydrogen-bond acceptors (Lipinski definition) is 3. The Balaban J connectivity index is 0.00000254. The van der Waals surface area contributed by atoms with Gasteiger partial charge >= 0.3 is 0 Å². The highest BCUT2D eigenvalue weighted by Gasteiger charge is 2.41. The number of rotatable bonds is 7. The van der Waals surface area contributed by atoms with Gasteiger partial charge in [-0.25, -0.2) is 0 Å². The Bertz CT molecular complexity index is 436. The fourth-order valence-corrected chi connectivity index (χ4v) is 3.33. The Labute approximate surface area is 148 Å². The van der Waals surface area contributed by atoms with Crippen LogP contribution in [0.1, 0.15) is 87.5 Å². The molecule has 1 aliphatic rings. The van der Waals surface area contributed by atoms with Gasteiger partial charge in [-0.1, -0.05) is 55.4 Å². The average Bonchev–Trinajstić information content (AvgIpc) is 2.51. The van der Waals surface area contributed by atoms with Gasteiger partial charge in [0, 0.05) is 31.7 Å². The predicted molar refractivity (Wildman–Crippen MR) is 98.6 cm³/mol. The molecule has 0 aromatic rings. The van der Waals surface area contributed by atoms with Crippen LogP contribution in [0.25, 0.3) is 0 Å². The first-order chi connectivity index (χ1) is 11.0. The maximum Gasteiger partial charge on any atom is 0.229 e. The maximum absolute atomic E-state index is 12.4. The zero-order valence-electron chi connectivity index (χ0n) is 17.0. The van der Waals surface area contributed by atoms with Crippen LogP contribution >= 0.6 is 0 Å². The number of likely N-dealkylation sites (tertiary alicyclic amines) is 1. The molecule has 1 atom stereocenters. The summed E-state index contributed by atoms with van der Waals surface area (Å²) in [5, 5.41) is 0. The van der Waals surface area contributed by atoms with Gasteiger partial charge in [0.05, 0.1) is 0 Å². The molecule has 1 aliphatic heterocycles. The Kier molecular flexibility index (Phi) is 8.87. The summed E-state index contributed by atoms with van der Waals surface area (Å²) in [6.07, 6.45) is 2.95. The van der Waals surface area contributed by atoms with Crippen LogP contribution in [-0.4, -0.2) is 29.0 Å². The molecule has 24 heavy (non-hydrogen) atoms. The minimum atomic E-state index is -0.241. The molecule has 0 aliphatic carbocycles. The summed E-state index contributed by atoms with van der Waals surface area (Å²) in [5.41, 5.74) is -0.435. The Morgan fingerprint density at radius 1 is 1.17 bits per heavy atom. The van der Waals surface area contributed by atoms with Crippen molar-refractivity contribution in [2.75, 3.05) is 6.54 Å². The van der Waals surface area contributed by atoms with Crippen LogP contribution in [0.3, 0.4) is 0 Å². The van der Waals surface area contributed by atoms with Gasteiger partial charge in [-0.3, -0.25) is 19.3 Å². The van der Waals surface area contributed by atoms with Crippen molar-refractivity contribution in [3.63, 3.8) is 0 Å². The number of amides is 2. The summed E-state index contributed by atoms with van der Waals surface area (Å²) in [6, 6.07) is 0. The van der Waals surface area contributed by atoms with Gasteiger partial charge in [-0.05, 0) is 23.7 Å². The van der Waals surface area contributed by atoms with Crippen molar-refractivity contribution in [3.8, 4) is 0 Å². The molecule has 0 N–H and O–H groups in total. The Morgan fingerprint density at radius 2 is 1.62 bits per heavy atom. The molecule has 140 valence electrons. The third-order valence-electron chi connectivity index (χ3n) is 4.95. The van der Waals surface area contributed by atoms with Crippen molar-refractivity contribution in [2.45, 2.75) is 87.5 Å². The smallest absolute Gasteiger partial charge is 0.229 e. The number of carbonyl (C=O) groups excluding carboxylic acids is 3. The second kappa shape index (κ2) is 9.33. The normalized spacial score (nSPS) is 18.8. The van der Waals surface area contributed by atoms with E-state index in [0.717, 1.165) is 6.42 Å². The molecule has 4 nitrogen and oxygen atoms in total. The molecular formula is C20H37NO3. The number of ketones is 1. The number of carbonyl (C=O) groups is 3. The first-order valence-corrected chi connectivity index (χ1v) is 9.39. The van der Waals surface area contributed by atoms with Crippen molar-refractivity contribution >= 4 is 17.6 Å². The lowest BCUT2D eigenvalue weighted by atomic mass is 9.76. The highest BCUT2D eigenvalue weighted by molar-refractivity contribution is 5.98. The molecule has 1 heterocycles. The molecule has 0 bridgehead atoms. The van der Waals surface area contributed by atoms with E-state index in [9.17, 15) is 14.4 Å². The zero-order valence-corrected chi connectivity index (χ0v) is 17.0. The molecule has 0 aromatic carbocycles. The average molecular weight is 340 g/mol. The fraction of sp³-hybridized carbons (Fsp3) is 0.850. The molecule has 2 amide bonds. The molecule has 1 unspecified atom stereocenters. The number of hydrogen-bond donors (Lipinski definition) is 0. The Morgan fingerprint density at radius 3 is 2.00 bits per heavy atom. The van der Waals surface area contributed by atoms with Crippen molar-refractivity contribution in [2.24, 2.45) is 16.7 Å². The van der Waals surface area contributed by atoms with E-state index in [4.69, 9.17) is 0 Å². The van der Waals surface area contributed by atoms with Gasteiger partial charge in [0.2, 0.25) is 11.8 Å². The van der Waals surface area contributed by atoms with Gasteiger partial charge in [-0.2, -0.15) is 0 Å². The lowest BCUT2D eigenvalue weighted by molar-refractivity contribution is -0.155. The molecule has 0 spiro atoms. The minimum absolute atomic E-state index is 0.0316. The van der Waals surface area contributed by atoms with Crippen LogP contribution in [0.4, 0.5) is 0 Å². The lowest BCUT2D eigenvalue weighted by Crippen LogP contribution is -2.50. The van der Waals surface area contributed by atoms with E-state index < -0.39 is 0 Å². The van der Waals surface area contributed by atoms with Gasteiger partial charge in [-0.15, -0.1) is 0 Å². The first kappa shape index (κ1) is 22.8. The predicted octanol–water partition coefficient (Wildman–Crippen LogP) is 4.61. The molecule has 0 radical (unpaired) electrons. The highest BCUT2D eigenvalue weighted by atomic mass is 16.2. The minimum Gasteiger partial charge on any atom is -0.299 e. The monoisotopic (exact) mass is 339 g/mol. The number of piperidine rings is 1. The van der Waals surface area contributed by atoms with Crippen LogP contribution in [0.15, 0.2) is 0 Å². The van der Waals surface area contributed by atoms with Gasteiger partial charge in [0.25, 0.3) is 0 Å². The number of nitrogens with zero attached hydrogens (tertiary/aromatic N) is 1. The molecule has 4 heteroatoms. The van der Waals surface area contributed by atoms with E-state index in [1.165, 1.54) is 4.90 Å². The van der Waals surface area contributed by atoms with Crippen molar-refractivity contribution in [3.05, 3.63) is 0 Å². The molecule has 1 rings (SSSR count). The molecule has 0 aromatic heterocycles. The van der Waals surface area contributed by atoms with E-state index in [2.05, 4.69) is 0 Å². The van der Waals surface area contributed by atoms with E-state index in [-0.39, 0.29) is 34.3 Å². The quantitative estimate of drug-likeness (QED) is 0.636. The molecule has 0 saturated carbocycles. The van der Waals surface area contributed by atoms with Crippen molar-refractivity contribution in [1.82, 2.24) is 4.90 Å². The van der Waals surface area contributed by atoms with Crippen LogP contribution in [0, 0.1) is 16.7 Å². The van der Waals surface area contributed by atoms with Crippen LogP contribution in [-0.2, 0) is 14.4 Å². The molecular weight excluding hydrogens is 302 g/mol. The zero-order chi connectivity index (χ0) is 19.1. The van der Waals surface area contributed by atoms with E-state index in [0.29, 0.717) is 32.2 Å². The molecule has 1 fully saturated rings. The van der Waals surface area contributed by atoms with Gasteiger partial charge in [0.1, 0.15) is 5.78 Å². The second-order valence-corrected chi connectivity index (χ2v) is 7.98. The lowest BCUT2D eigenvalue weighted by Gasteiger charge is -2.40. The van der Waals surface area contributed by atoms with E-state index >= 15 is 0 Å². The topological polar surface area (TPSA) is 54.5 Å². The van der Waals surface area contributed by atoms with Gasteiger partial charge in [0.15, 0.2) is 0 Å². The maximum atomic E-state index is 12.4. The summed E-state index contributed by atoms with van der Waals surface area (Å²) in [7, 11) is 0. The largest absolute Gasteiger partial charge is 0.299 e. The van der Waals surface area contributed by atoms with E-state index in [1.807, 2.05) is 55.4 Å². The molecule has 1 saturated heterocycles. The van der Waals surface area contributed by atoms with Gasteiger partial charge < -0.3 is 0 Å². The third kappa shape index (κ3) is 6.37. The van der Waals surface area contributed by atoms with Crippen molar-refractivity contribution < 1.29 is 14.4 Å². The summed E-state index contributed by atoms with van der Waals surface area (Å²) >= 11 is 0. The standard InChI is InChI=1S/C18H31NO3.C2H6/c1-7-14(20)13(3)9-17(4,5)12-19-15(21)10-18(6,8-2)11-16(19)22;1-2/h13H,7-12H2,1-6H3;1-2H3. The summed E-state index contributed by atoms with van der Waals surface area (Å²) in [5.74, 6) is 0.0742. The highest BCUT2D eigenvalue weighted by Crippen LogP contribution is 2.37. The summed E-state index contributed by atoms with van der Waals surface area (Å²) in [4.78, 5) is 37.9. The number of imide groups is 1. The van der Waals surface area contributed by atoms with Crippen LogP contribution < -0.4 is 0 Å². The second-order valence-electron chi connectivity index (χ2n) is 7.98. The van der Waals surface area contributed by atoms with E-state index in [1.54, 1.807) is 0 Å². The Hall–Kier alpha value is -1.19.